The van der Waals surface area contributed by atoms with E-state index in [-0.39, 0.29) is 5.91 Å². The van der Waals surface area contributed by atoms with Gasteiger partial charge in [-0.2, -0.15) is 0 Å². The maximum Gasteiger partial charge on any atom is 0.268 e. The summed E-state index contributed by atoms with van der Waals surface area (Å²) in [5.41, 5.74) is 3.10. The number of carbonyl (C=O) groups is 1. The van der Waals surface area contributed by atoms with Crippen molar-refractivity contribution in [2.24, 2.45) is 0 Å². The highest BCUT2D eigenvalue weighted by atomic mass is 16.3. The Morgan fingerprint density at radius 2 is 2.19 bits per heavy atom. The second-order valence-electron chi connectivity index (χ2n) is 5.00. The van der Waals surface area contributed by atoms with E-state index in [2.05, 4.69) is 11.9 Å². The van der Waals surface area contributed by atoms with E-state index < -0.39 is 0 Å². The normalized spacial score (nSPS) is 10.9. The van der Waals surface area contributed by atoms with Crippen molar-refractivity contribution in [3.05, 3.63) is 60.4 Å². The molecule has 0 aliphatic carbocycles. The molecule has 0 spiro atoms. The first-order valence-corrected chi connectivity index (χ1v) is 6.67. The third-order valence-corrected chi connectivity index (χ3v) is 3.19. The molecule has 0 aromatic carbocycles. The minimum absolute atomic E-state index is 0.168. The average molecular weight is 284 g/mol. The minimum Gasteiger partial charge on any atom is -0.467 e. The van der Waals surface area contributed by atoms with E-state index in [0.717, 1.165) is 11.1 Å². The maximum absolute atomic E-state index is 12.4. The molecule has 0 unspecified atom stereocenters. The number of hydrogen-bond acceptors (Lipinski definition) is 3. The second kappa shape index (κ2) is 5.36. The van der Waals surface area contributed by atoms with E-state index in [9.17, 15) is 4.79 Å². The molecule has 0 atom stereocenters. The quantitative estimate of drug-likeness (QED) is 0.731. The molecule has 3 aromatic heterocycles. The van der Waals surface area contributed by atoms with E-state index >= 15 is 0 Å². The Morgan fingerprint density at radius 3 is 2.90 bits per heavy atom. The molecule has 21 heavy (non-hydrogen) atoms. The Bertz CT molecular complexity index is 778. The summed E-state index contributed by atoms with van der Waals surface area (Å²) in [5.74, 6) is 0.545. The fourth-order valence-corrected chi connectivity index (χ4v) is 2.28. The van der Waals surface area contributed by atoms with Crippen molar-refractivity contribution in [3.8, 4) is 0 Å². The van der Waals surface area contributed by atoms with Crippen LogP contribution >= 0.6 is 0 Å². The van der Waals surface area contributed by atoms with Crippen molar-refractivity contribution < 1.29 is 13.6 Å². The van der Waals surface area contributed by atoms with E-state index in [1.807, 2.05) is 23.6 Å². The van der Waals surface area contributed by atoms with Crippen molar-refractivity contribution in [1.29, 1.82) is 0 Å². The zero-order valence-corrected chi connectivity index (χ0v) is 11.8. The van der Waals surface area contributed by atoms with Crippen LogP contribution in [0.4, 0.5) is 0 Å². The number of nitrogens with zero attached hydrogens (tertiary/aromatic N) is 1. The van der Waals surface area contributed by atoms with Crippen molar-refractivity contribution >= 4 is 17.0 Å². The number of aromatic nitrogens is 1. The Kier molecular flexibility index (Phi) is 3.39. The second-order valence-corrected chi connectivity index (χ2v) is 5.00. The van der Waals surface area contributed by atoms with Gasteiger partial charge in [0.25, 0.3) is 5.91 Å². The topological polar surface area (TPSA) is 60.3 Å². The van der Waals surface area contributed by atoms with Gasteiger partial charge in [0.15, 0.2) is 5.58 Å². The van der Waals surface area contributed by atoms with Gasteiger partial charge < -0.3 is 18.7 Å². The van der Waals surface area contributed by atoms with Crippen LogP contribution in [0.25, 0.3) is 11.1 Å². The standard InChI is InChI=1S/C16H16N2O3/c1-11(2)10-18-13-5-7-21-15(13)8-14(18)16(19)17-9-12-4-3-6-20-12/h3-8H,1,9-10H2,2H3,(H,17,19). The van der Waals surface area contributed by atoms with Crippen molar-refractivity contribution in [2.75, 3.05) is 0 Å². The summed E-state index contributed by atoms with van der Waals surface area (Å²) in [6.07, 6.45) is 3.20. The molecule has 1 N–H and O–H groups in total. The summed E-state index contributed by atoms with van der Waals surface area (Å²) < 4.78 is 12.5. The molecule has 0 fully saturated rings. The van der Waals surface area contributed by atoms with E-state index in [1.165, 1.54) is 0 Å². The summed E-state index contributed by atoms with van der Waals surface area (Å²) in [6.45, 7) is 6.77. The molecule has 3 rings (SSSR count). The van der Waals surface area contributed by atoms with Gasteiger partial charge >= 0.3 is 0 Å². The lowest BCUT2D eigenvalue weighted by molar-refractivity contribution is 0.0939. The Labute approximate surface area is 121 Å². The van der Waals surface area contributed by atoms with E-state index in [1.54, 1.807) is 24.7 Å². The highest BCUT2D eigenvalue weighted by Crippen LogP contribution is 2.22. The van der Waals surface area contributed by atoms with E-state index in [4.69, 9.17) is 8.83 Å². The first-order chi connectivity index (χ1) is 10.1. The highest BCUT2D eigenvalue weighted by molar-refractivity contribution is 5.97. The van der Waals surface area contributed by atoms with Gasteiger partial charge in [0.2, 0.25) is 0 Å². The average Bonchev–Trinajstić information content (AvgIpc) is 3.13. The minimum atomic E-state index is -0.168. The SMILES string of the molecule is C=C(C)Cn1c(C(=O)NCc2ccco2)cc2occc21. The number of fused-ring (bicyclic) bond motifs is 1. The molecular weight excluding hydrogens is 268 g/mol. The van der Waals surface area contributed by atoms with Gasteiger partial charge in [-0.15, -0.1) is 0 Å². The van der Waals surface area contributed by atoms with Gasteiger partial charge in [-0.05, 0) is 19.1 Å². The van der Waals surface area contributed by atoms with Crippen LogP contribution in [-0.2, 0) is 13.1 Å². The fraction of sp³-hybridized carbons (Fsp3) is 0.188. The third-order valence-electron chi connectivity index (χ3n) is 3.19. The monoisotopic (exact) mass is 284 g/mol. The summed E-state index contributed by atoms with van der Waals surface area (Å²) in [7, 11) is 0. The molecule has 108 valence electrons. The molecule has 1 amide bonds. The zero-order chi connectivity index (χ0) is 14.8. The van der Waals surface area contributed by atoms with Crippen LogP contribution < -0.4 is 5.32 Å². The smallest absolute Gasteiger partial charge is 0.268 e. The summed E-state index contributed by atoms with van der Waals surface area (Å²) in [5, 5.41) is 2.84. The number of rotatable bonds is 5. The number of amides is 1. The van der Waals surface area contributed by atoms with Gasteiger partial charge in [0, 0.05) is 18.7 Å². The van der Waals surface area contributed by atoms with Crippen LogP contribution in [0.15, 0.2) is 57.8 Å². The lowest BCUT2D eigenvalue weighted by Crippen LogP contribution is -2.25. The number of furan rings is 2. The predicted octanol–water partition coefficient (Wildman–Crippen LogP) is 3.33. The third kappa shape index (κ3) is 2.63. The highest BCUT2D eigenvalue weighted by Gasteiger charge is 2.17. The summed E-state index contributed by atoms with van der Waals surface area (Å²) in [4.78, 5) is 12.4. The van der Waals surface area contributed by atoms with Crippen LogP contribution in [0.1, 0.15) is 23.2 Å². The maximum atomic E-state index is 12.4. The largest absolute Gasteiger partial charge is 0.467 e. The lowest BCUT2D eigenvalue weighted by Gasteiger charge is -2.09. The number of carbonyl (C=O) groups excluding carboxylic acids is 1. The molecule has 0 aliphatic rings. The van der Waals surface area contributed by atoms with Crippen LogP contribution in [0, 0.1) is 0 Å². The van der Waals surface area contributed by atoms with Gasteiger partial charge in [0.1, 0.15) is 11.5 Å². The number of nitrogens with one attached hydrogen (secondary N) is 1. The van der Waals surface area contributed by atoms with Crippen LogP contribution in [0.3, 0.4) is 0 Å². The summed E-state index contributed by atoms with van der Waals surface area (Å²) >= 11 is 0. The van der Waals surface area contributed by atoms with Crippen molar-refractivity contribution in [1.82, 2.24) is 9.88 Å². The number of allylic oxidation sites excluding steroid dienone is 1. The fourth-order valence-electron chi connectivity index (χ4n) is 2.28. The molecule has 5 nitrogen and oxygen atoms in total. The molecule has 0 aliphatic heterocycles. The Hall–Kier alpha value is -2.69. The van der Waals surface area contributed by atoms with Gasteiger partial charge in [-0.3, -0.25) is 4.79 Å². The van der Waals surface area contributed by atoms with Crippen molar-refractivity contribution in [2.45, 2.75) is 20.0 Å². The first-order valence-electron chi connectivity index (χ1n) is 6.67. The summed E-state index contributed by atoms with van der Waals surface area (Å²) in [6, 6.07) is 7.20. The Morgan fingerprint density at radius 1 is 1.33 bits per heavy atom. The van der Waals surface area contributed by atoms with Gasteiger partial charge in [0.05, 0.1) is 24.6 Å². The zero-order valence-electron chi connectivity index (χ0n) is 11.8. The molecule has 0 saturated heterocycles. The van der Waals surface area contributed by atoms with Crippen LogP contribution in [-0.4, -0.2) is 10.5 Å². The Balaban J connectivity index is 1.86. The lowest BCUT2D eigenvalue weighted by atomic mass is 10.3. The van der Waals surface area contributed by atoms with Crippen molar-refractivity contribution in [3.63, 3.8) is 0 Å². The molecule has 5 heteroatoms. The van der Waals surface area contributed by atoms with Crippen LogP contribution in [0.5, 0.6) is 0 Å². The van der Waals surface area contributed by atoms with Gasteiger partial charge in [-0.1, -0.05) is 12.2 Å². The molecule has 0 saturated carbocycles. The first kappa shape index (κ1) is 13.3. The molecule has 0 bridgehead atoms. The van der Waals surface area contributed by atoms with Gasteiger partial charge in [-0.25, -0.2) is 0 Å². The van der Waals surface area contributed by atoms with E-state index in [0.29, 0.717) is 30.1 Å². The number of hydrogen-bond donors (Lipinski definition) is 1. The molecule has 3 aromatic rings. The predicted molar refractivity (Wildman–Crippen MR) is 78.9 cm³/mol. The molecule has 0 radical (unpaired) electrons. The molecule has 3 heterocycles. The molecular formula is C16H16N2O3. The van der Waals surface area contributed by atoms with Crippen LogP contribution in [0.2, 0.25) is 0 Å².